The smallest absolute Gasteiger partial charge is 0.475 e. The van der Waals surface area contributed by atoms with Crippen molar-refractivity contribution in [3.05, 3.63) is 35.9 Å². The monoisotopic (exact) mass is 377 g/mol. The molecule has 4 N–H and O–H groups in total. The summed E-state index contributed by atoms with van der Waals surface area (Å²) in [6, 6.07) is 9.60. The van der Waals surface area contributed by atoms with Crippen LogP contribution in [0.3, 0.4) is 0 Å². The highest BCUT2D eigenvalue weighted by Gasteiger charge is 2.40. The lowest BCUT2D eigenvalue weighted by Gasteiger charge is -2.21. The summed E-state index contributed by atoms with van der Waals surface area (Å²) in [6.45, 7) is 0.744. The minimum absolute atomic E-state index is 0.194. The van der Waals surface area contributed by atoms with Gasteiger partial charge in [0.25, 0.3) is 0 Å². The zero-order valence-corrected chi connectivity index (χ0v) is 14.0. The number of nitrogens with two attached hydrogens (primary N) is 1. The minimum Gasteiger partial charge on any atom is -0.475 e. The highest BCUT2D eigenvalue weighted by Crippen LogP contribution is 2.37. The van der Waals surface area contributed by atoms with Gasteiger partial charge < -0.3 is 20.7 Å². The molecule has 26 heavy (non-hydrogen) atoms. The van der Waals surface area contributed by atoms with Crippen LogP contribution in [0, 0.1) is 5.92 Å². The molecule has 0 spiro atoms. The standard InChI is InChI=1S/C15H21NO3.C2HF3O2/c16-9-8-15(18)7-6-13(10-15)14(17)19-11-12-4-2-1-3-5-12;3-2(4,5)1(6)7/h1-5,13,18H,6-11,16H2;(H,6,7)/t13-,15?;/m1./s1. The Morgan fingerprint density at radius 3 is 2.35 bits per heavy atom. The lowest BCUT2D eigenvalue weighted by molar-refractivity contribution is -0.192. The number of hydrogen-bond donors (Lipinski definition) is 3. The molecule has 0 amide bonds. The first-order valence-corrected chi connectivity index (χ1v) is 8.00. The maximum absolute atomic E-state index is 11.9. The number of esters is 1. The van der Waals surface area contributed by atoms with Crippen LogP contribution < -0.4 is 5.73 Å². The third-order valence-electron chi connectivity index (χ3n) is 3.99. The molecule has 1 aliphatic carbocycles. The van der Waals surface area contributed by atoms with Gasteiger partial charge in [-0.1, -0.05) is 30.3 Å². The molecule has 0 aromatic heterocycles. The fourth-order valence-corrected chi connectivity index (χ4v) is 2.65. The maximum atomic E-state index is 11.9. The zero-order chi connectivity index (χ0) is 19.8. The molecule has 0 bridgehead atoms. The maximum Gasteiger partial charge on any atom is 0.490 e. The molecule has 1 aliphatic rings. The summed E-state index contributed by atoms with van der Waals surface area (Å²) in [5, 5.41) is 17.3. The second-order valence-electron chi connectivity index (χ2n) is 6.10. The number of ether oxygens (including phenoxy) is 1. The third-order valence-corrected chi connectivity index (χ3v) is 3.99. The van der Waals surface area contributed by atoms with Gasteiger partial charge in [0.2, 0.25) is 0 Å². The summed E-state index contributed by atoms with van der Waals surface area (Å²) >= 11 is 0. The van der Waals surface area contributed by atoms with E-state index >= 15 is 0 Å². The normalized spacial score (nSPS) is 22.3. The fraction of sp³-hybridized carbons (Fsp3) is 0.529. The predicted molar refractivity (Wildman–Crippen MR) is 85.9 cm³/mol. The van der Waals surface area contributed by atoms with Crippen LogP contribution in [0.15, 0.2) is 30.3 Å². The number of rotatable bonds is 5. The van der Waals surface area contributed by atoms with E-state index in [2.05, 4.69) is 0 Å². The molecule has 2 rings (SSSR count). The Balaban J connectivity index is 0.000000412. The van der Waals surface area contributed by atoms with E-state index in [0.29, 0.717) is 38.8 Å². The lowest BCUT2D eigenvalue weighted by atomic mass is 9.96. The summed E-state index contributed by atoms with van der Waals surface area (Å²) in [6.07, 6.45) is -2.74. The van der Waals surface area contributed by atoms with Gasteiger partial charge in [-0.3, -0.25) is 4.79 Å². The number of carbonyl (C=O) groups is 2. The summed E-state index contributed by atoms with van der Waals surface area (Å²) in [7, 11) is 0. The van der Waals surface area contributed by atoms with Gasteiger partial charge in [0, 0.05) is 0 Å². The predicted octanol–water partition coefficient (Wildman–Crippen LogP) is 2.24. The van der Waals surface area contributed by atoms with Crippen molar-refractivity contribution >= 4 is 11.9 Å². The molecular weight excluding hydrogens is 355 g/mol. The van der Waals surface area contributed by atoms with Gasteiger partial charge >= 0.3 is 18.1 Å². The Morgan fingerprint density at radius 1 is 1.27 bits per heavy atom. The van der Waals surface area contributed by atoms with Gasteiger partial charge in [0.1, 0.15) is 6.61 Å². The summed E-state index contributed by atoms with van der Waals surface area (Å²) in [5.41, 5.74) is 5.68. The van der Waals surface area contributed by atoms with E-state index in [1.54, 1.807) is 0 Å². The molecule has 0 heterocycles. The summed E-state index contributed by atoms with van der Waals surface area (Å²) in [4.78, 5) is 20.8. The number of halogens is 3. The number of aliphatic carboxylic acids is 1. The molecule has 1 fully saturated rings. The van der Waals surface area contributed by atoms with Crippen LogP contribution >= 0.6 is 0 Å². The molecule has 1 aromatic rings. The highest BCUT2D eigenvalue weighted by atomic mass is 19.4. The van der Waals surface area contributed by atoms with Crippen LogP contribution in [0.25, 0.3) is 0 Å². The SMILES string of the molecule is NCCC1(O)CC[C@@H](C(=O)OCc2ccccc2)C1.O=C(O)C(F)(F)F. The second kappa shape index (κ2) is 9.54. The van der Waals surface area contributed by atoms with Crippen molar-refractivity contribution in [2.45, 2.75) is 44.1 Å². The molecular formula is C17H22F3NO5. The van der Waals surface area contributed by atoms with E-state index in [1.165, 1.54) is 0 Å². The third kappa shape index (κ3) is 7.40. The Labute approximate surface area is 148 Å². The largest absolute Gasteiger partial charge is 0.490 e. The first-order valence-electron chi connectivity index (χ1n) is 8.00. The van der Waals surface area contributed by atoms with Crippen molar-refractivity contribution in [2.24, 2.45) is 11.7 Å². The van der Waals surface area contributed by atoms with Crippen molar-refractivity contribution in [1.29, 1.82) is 0 Å². The van der Waals surface area contributed by atoms with Crippen LogP contribution in [-0.4, -0.2) is 40.5 Å². The molecule has 146 valence electrons. The van der Waals surface area contributed by atoms with Crippen LogP contribution in [0.5, 0.6) is 0 Å². The van der Waals surface area contributed by atoms with Gasteiger partial charge in [-0.2, -0.15) is 13.2 Å². The zero-order valence-electron chi connectivity index (χ0n) is 14.0. The Morgan fingerprint density at radius 2 is 1.85 bits per heavy atom. The van der Waals surface area contributed by atoms with Gasteiger partial charge in [0.15, 0.2) is 0 Å². The molecule has 0 radical (unpaired) electrons. The van der Waals surface area contributed by atoms with E-state index in [1.807, 2.05) is 30.3 Å². The molecule has 0 saturated heterocycles. The number of benzene rings is 1. The van der Waals surface area contributed by atoms with E-state index in [0.717, 1.165) is 5.56 Å². The number of carboxylic acid groups (broad SMARTS) is 1. The van der Waals surface area contributed by atoms with Crippen molar-refractivity contribution in [1.82, 2.24) is 0 Å². The Bertz CT molecular complexity index is 594. The molecule has 1 unspecified atom stereocenters. The van der Waals surface area contributed by atoms with Crippen LogP contribution in [0.2, 0.25) is 0 Å². The molecule has 0 aliphatic heterocycles. The Kier molecular flexibility index (Phi) is 8.04. The average molecular weight is 377 g/mol. The van der Waals surface area contributed by atoms with Crippen molar-refractivity contribution in [3.63, 3.8) is 0 Å². The number of carbonyl (C=O) groups excluding carboxylic acids is 1. The Hall–Kier alpha value is -2.13. The topological polar surface area (TPSA) is 110 Å². The number of hydrogen-bond acceptors (Lipinski definition) is 5. The second-order valence-corrected chi connectivity index (χ2v) is 6.10. The number of carboxylic acids is 1. The van der Waals surface area contributed by atoms with Crippen molar-refractivity contribution in [3.8, 4) is 0 Å². The molecule has 9 heteroatoms. The van der Waals surface area contributed by atoms with Gasteiger partial charge in [-0.25, -0.2) is 4.79 Å². The van der Waals surface area contributed by atoms with Crippen LogP contribution in [0.4, 0.5) is 13.2 Å². The van der Waals surface area contributed by atoms with Gasteiger partial charge in [-0.15, -0.1) is 0 Å². The summed E-state index contributed by atoms with van der Waals surface area (Å²) in [5.74, 6) is -3.16. The lowest BCUT2D eigenvalue weighted by Crippen LogP contribution is -2.29. The quantitative estimate of drug-likeness (QED) is 0.679. The van der Waals surface area contributed by atoms with E-state index in [-0.39, 0.29) is 11.9 Å². The first-order chi connectivity index (χ1) is 12.1. The van der Waals surface area contributed by atoms with Crippen LogP contribution in [0.1, 0.15) is 31.2 Å². The van der Waals surface area contributed by atoms with E-state index in [4.69, 9.17) is 20.4 Å². The van der Waals surface area contributed by atoms with Gasteiger partial charge in [0.05, 0.1) is 11.5 Å². The molecule has 1 aromatic carbocycles. The number of alkyl halides is 3. The first kappa shape index (κ1) is 21.9. The molecule has 2 atom stereocenters. The van der Waals surface area contributed by atoms with Crippen molar-refractivity contribution in [2.75, 3.05) is 6.54 Å². The molecule has 1 saturated carbocycles. The van der Waals surface area contributed by atoms with Gasteiger partial charge in [-0.05, 0) is 37.8 Å². The molecule has 6 nitrogen and oxygen atoms in total. The van der Waals surface area contributed by atoms with E-state index < -0.39 is 17.7 Å². The van der Waals surface area contributed by atoms with Crippen molar-refractivity contribution < 1.29 is 37.7 Å². The highest BCUT2D eigenvalue weighted by molar-refractivity contribution is 5.73. The van der Waals surface area contributed by atoms with E-state index in [9.17, 15) is 23.1 Å². The minimum atomic E-state index is -5.08. The van der Waals surface area contributed by atoms with Crippen LogP contribution in [-0.2, 0) is 20.9 Å². The average Bonchev–Trinajstić information content (AvgIpc) is 2.96. The summed E-state index contributed by atoms with van der Waals surface area (Å²) < 4.78 is 37.0. The fourth-order valence-electron chi connectivity index (χ4n) is 2.65. The number of aliphatic hydroxyl groups is 1.